The van der Waals surface area contributed by atoms with Gasteiger partial charge in [0.2, 0.25) is 5.91 Å². The van der Waals surface area contributed by atoms with Crippen LogP contribution in [0.3, 0.4) is 0 Å². The molecule has 0 radical (unpaired) electrons. The molecule has 1 aliphatic rings. The van der Waals surface area contributed by atoms with Gasteiger partial charge in [0.1, 0.15) is 0 Å². The number of aryl methyl sites for hydroxylation is 1. The number of ether oxygens (including phenoxy) is 1. The van der Waals surface area contributed by atoms with Crippen LogP contribution in [-0.2, 0) is 20.7 Å². The second-order valence-corrected chi connectivity index (χ2v) is 9.46. The largest absolute Gasteiger partial charge is 0.469 e. The van der Waals surface area contributed by atoms with E-state index < -0.39 is 11.9 Å². The minimum Gasteiger partial charge on any atom is -0.469 e. The van der Waals surface area contributed by atoms with E-state index in [1.54, 1.807) is 24.3 Å². The summed E-state index contributed by atoms with van der Waals surface area (Å²) in [5, 5.41) is 12.0. The first-order valence-corrected chi connectivity index (χ1v) is 12.8. The van der Waals surface area contributed by atoms with E-state index in [2.05, 4.69) is 23.5 Å². The lowest BCUT2D eigenvalue weighted by molar-refractivity contribution is -0.144. The molecule has 0 aliphatic carbocycles. The third kappa shape index (κ3) is 6.65. The number of nitrogens with zero attached hydrogens (tertiary/aromatic N) is 2. The van der Waals surface area contributed by atoms with E-state index in [1.807, 2.05) is 47.4 Å². The van der Waals surface area contributed by atoms with Crippen molar-refractivity contribution in [3.63, 3.8) is 0 Å². The SMILES string of the molecule is COC(=O)C[C@@H]1C[C@@H](CNC(=O)c2ccc(-c3ccc(C#N)cc3)cc2)N(CCCc2ccccc2)C1=O. The lowest BCUT2D eigenvalue weighted by Gasteiger charge is -2.25. The number of carbonyl (C=O) groups is 3. The fourth-order valence-electron chi connectivity index (χ4n) is 4.87. The molecular weight excluding hydrogens is 478 g/mol. The molecule has 3 aromatic rings. The number of hydrogen-bond acceptors (Lipinski definition) is 5. The summed E-state index contributed by atoms with van der Waals surface area (Å²) in [6.45, 7) is 0.871. The summed E-state index contributed by atoms with van der Waals surface area (Å²) in [6.07, 6.45) is 2.18. The number of nitrogens with one attached hydrogen (secondary N) is 1. The van der Waals surface area contributed by atoms with E-state index >= 15 is 0 Å². The molecule has 1 heterocycles. The number of rotatable bonds is 10. The minimum absolute atomic E-state index is 0.0474. The van der Waals surface area contributed by atoms with E-state index in [1.165, 1.54) is 12.7 Å². The number of carbonyl (C=O) groups excluding carboxylic acids is 3. The van der Waals surface area contributed by atoms with Gasteiger partial charge in [-0.25, -0.2) is 0 Å². The molecule has 0 bridgehead atoms. The van der Waals surface area contributed by atoms with Gasteiger partial charge in [-0.15, -0.1) is 0 Å². The highest BCUT2D eigenvalue weighted by atomic mass is 16.5. The van der Waals surface area contributed by atoms with Gasteiger partial charge in [-0.2, -0.15) is 5.26 Å². The molecule has 4 rings (SSSR count). The Morgan fingerprint density at radius 2 is 1.66 bits per heavy atom. The van der Waals surface area contributed by atoms with Gasteiger partial charge in [0.05, 0.1) is 31.1 Å². The van der Waals surface area contributed by atoms with Gasteiger partial charge >= 0.3 is 5.97 Å². The summed E-state index contributed by atoms with van der Waals surface area (Å²) in [6, 6.07) is 26.6. The van der Waals surface area contributed by atoms with Gasteiger partial charge in [-0.3, -0.25) is 14.4 Å². The summed E-state index contributed by atoms with van der Waals surface area (Å²) in [7, 11) is 1.32. The fraction of sp³-hybridized carbons (Fsp3) is 0.290. The van der Waals surface area contributed by atoms with E-state index in [0.717, 1.165) is 24.0 Å². The van der Waals surface area contributed by atoms with Gasteiger partial charge in [0.25, 0.3) is 5.91 Å². The molecule has 194 valence electrons. The Balaban J connectivity index is 1.37. The zero-order chi connectivity index (χ0) is 26.9. The summed E-state index contributed by atoms with van der Waals surface area (Å²) < 4.78 is 4.79. The second-order valence-electron chi connectivity index (χ2n) is 9.46. The van der Waals surface area contributed by atoms with Crippen molar-refractivity contribution < 1.29 is 19.1 Å². The quantitative estimate of drug-likeness (QED) is 0.409. The van der Waals surface area contributed by atoms with E-state index in [4.69, 9.17) is 10.00 Å². The maximum Gasteiger partial charge on any atom is 0.306 e. The van der Waals surface area contributed by atoms with Crippen LogP contribution < -0.4 is 5.32 Å². The Morgan fingerprint density at radius 3 is 2.29 bits per heavy atom. The van der Waals surface area contributed by atoms with Gasteiger partial charge < -0.3 is 15.0 Å². The van der Waals surface area contributed by atoms with Crippen molar-refractivity contribution in [3.8, 4) is 17.2 Å². The lowest BCUT2D eigenvalue weighted by Crippen LogP contribution is -2.42. The van der Waals surface area contributed by atoms with Crippen LogP contribution in [0.2, 0.25) is 0 Å². The Bertz CT molecular complexity index is 1300. The maximum absolute atomic E-state index is 13.1. The average Bonchev–Trinajstić information content (AvgIpc) is 3.25. The Labute approximate surface area is 223 Å². The minimum atomic E-state index is -0.437. The van der Waals surface area contributed by atoms with Crippen LogP contribution in [0.5, 0.6) is 0 Å². The molecule has 2 amide bonds. The first-order valence-electron chi connectivity index (χ1n) is 12.8. The van der Waals surface area contributed by atoms with Crippen LogP contribution in [0, 0.1) is 17.2 Å². The third-order valence-corrected chi connectivity index (χ3v) is 6.97. The first kappa shape index (κ1) is 26.6. The average molecular weight is 510 g/mol. The molecule has 0 spiro atoms. The number of benzene rings is 3. The Hall–Kier alpha value is -4.44. The van der Waals surface area contributed by atoms with E-state index in [9.17, 15) is 14.4 Å². The molecule has 0 aromatic heterocycles. The first-order chi connectivity index (χ1) is 18.5. The molecule has 1 fully saturated rings. The van der Waals surface area contributed by atoms with Crippen LogP contribution in [0.25, 0.3) is 11.1 Å². The zero-order valence-corrected chi connectivity index (χ0v) is 21.4. The number of hydrogen-bond donors (Lipinski definition) is 1. The number of amides is 2. The molecule has 0 unspecified atom stereocenters. The van der Waals surface area contributed by atoms with Crippen molar-refractivity contribution in [2.45, 2.75) is 31.7 Å². The highest BCUT2D eigenvalue weighted by molar-refractivity contribution is 5.95. The predicted molar refractivity (Wildman–Crippen MR) is 144 cm³/mol. The van der Waals surface area contributed by atoms with Gasteiger partial charge in [-0.1, -0.05) is 54.6 Å². The van der Waals surface area contributed by atoms with Crippen LogP contribution in [0.1, 0.15) is 40.7 Å². The van der Waals surface area contributed by atoms with Crippen LogP contribution in [0.15, 0.2) is 78.9 Å². The zero-order valence-electron chi connectivity index (χ0n) is 21.4. The van der Waals surface area contributed by atoms with Crippen molar-refractivity contribution in [2.75, 3.05) is 20.2 Å². The summed E-state index contributed by atoms with van der Waals surface area (Å²) in [5.74, 6) is -1.12. The molecule has 1 aliphatic heterocycles. The van der Waals surface area contributed by atoms with Crippen LogP contribution in [-0.4, -0.2) is 48.9 Å². The van der Waals surface area contributed by atoms with Gasteiger partial charge in [-0.05, 0) is 60.2 Å². The number of likely N-dealkylation sites (tertiary alicyclic amines) is 1. The third-order valence-electron chi connectivity index (χ3n) is 6.97. The van der Waals surface area contributed by atoms with Crippen LogP contribution in [0.4, 0.5) is 0 Å². The highest BCUT2D eigenvalue weighted by Gasteiger charge is 2.40. The smallest absolute Gasteiger partial charge is 0.306 e. The summed E-state index contributed by atoms with van der Waals surface area (Å²) >= 11 is 0. The Morgan fingerprint density at radius 1 is 1.00 bits per heavy atom. The fourth-order valence-corrected chi connectivity index (χ4v) is 4.87. The second kappa shape index (κ2) is 12.7. The molecule has 0 saturated carbocycles. The number of methoxy groups -OCH3 is 1. The van der Waals surface area contributed by atoms with E-state index in [-0.39, 0.29) is 24.3 Å². The highest BCUT2D eigenvalue weighted by Crippen LogP contribution is 2.28. The molecule has 2 atom stereocenters. The topological polar surface area (TPSA) is 99.5 Å². The van der Waals surface area contributed by atoms with Crippen molar-refractivity contribution in [1.82, 2.24) is 10.2 Å². The predicted octanol–water partition coefficient (Wildman–Crippen LogP) is 4.37. The molecule has 3 aromatic carbocycles. The molecule has 38 heavy (non-hydrogen) atoms. The van der Waals surface area contributed by atoms with Gasteiger partial charge in [0, 0.05) is 24.7 Å². The normalized spacial score (nSPS) is 16.6. The van der Waals surface area contributed by atoms with Crippen molar-refractivity contribution in [1.29, 1.82) is 5.26 Å². The standard InChI is InChI=1S/C31H31N3O4/c1-38-29(35)19-27-18-28(34(31(27)37)17-5-8-22-6-3-2-4-7-22)21-33-30(36)26-15-13-25(14-16-26)24-11-9-23(20-32)10-12-24/h2-4,6-7,9-16,27-28H,5,8,17-19,21H2,1H3,(H,33,36)/t27-,28-/m0/s1. The molecule has 1 N–H and O–H groups in total. The van der Waals surface area contributed by atoms with E-state index in [0.29, 0.717) is 30.6 Å². The number of esters is 1. The van der Waals surface area contributed by atoms with Gasteiger partial charge in [0.15, 0.2) is 0 Å². The Kier molecular flexibility index (Phi) is 8.89. The number of nitriles is 1. The summed E-state index contributed by atoms with van der Waals surface area (Å²) in [5.41, 5.74) is 4.23. The van der Waals surface area contributed by atoms with Crippen LogP contribution >= 0.6 is 0 Å². The van der Waals surface area contributed by atoms with Crippen molar-refractivity contribution in [3.05, 3.63) is 95.6 Å². The maximum atomic E-state index is 13.1. The van der Waals surface area contributed by atoms with Crippen molar-refractivity contribution >= 4 is 17.8 Å². The summed E-state index contributed by atoms with van der Waals surface area (Å²) in [4.78, 5) is 39.7. The molecule has 7 nitrogen and oxygen atoms in total. The lowest BCUT2D eigenvalue weighted by atomic mass is 10.0. The monoisotopic (exact) mass is 509 g/mol. The molecule has 7 heteroatoms. The van der Waals surface area contributed by atoms with Crippen molar-refractivity contribution in [2.24, 2.45) is 5.92 Å². The molecule has 1 saturated heterocycles. The molecular formula is C31H31N3O4.